The predicted octanol–water partition coefficient (Wildman–Crippen LogP) is 4.45. The van der Waals surface area contributed by atoms with E-state index in [9.17, 15) is 26.4 Å². The molecule has 0 aliphatic rings. The summed E-state index contributed by atoms with van der Waals surface area (Å²) in [5.74, 6) is -0.286. The van der Waals surface area contributed by atoms with E-state index in [1.54, 1.807) is 25.1 Å². The molecule has 0 spiro atoms. The van der Waals surface area contributed by atoms with Gasteiger partial charge in [0.2, 0.25) is 0 Å². The fourth-order valence-corrected chi connectivity index (χ4v) is 4.47. The summed E-state index contributed by atoms with van der Waals surface area (Å²) < 4.78 is 71.5. The van der Waals surface area contributed by atoms with E-state index in [0.717, 1.165) is 22.7 Å². The third-order valence-electron chi connectivity index (χ3n) is 4.67. The van der Waals surface area contributed by atoms with Crippen LogP contribution in [-0.4, -0.2) is 33.7 Å². The van der Waals surface area contributed by atoms with Gasteiger partial charge in [-0.25, -0.2) is 13.8 Å². The Morgan fingerprint density at radius 3 is 2.34 bits per heavy atom. The van der Waals surface area contributed by atoms with Crippen LogP contribution in [0.3, 0.4) is 0 Å². The lowest BCUT2D eigenvalue weighted by atomic mass is 10.1. The molecule has 0 saturated heterocycles. The van der Waals surface area contributed by atoms with Gasteiger partial charge in [-0.15, -0.1) is 0 Å². The number of hydrazone groups is 1. The Bertz CT molecular complexity index is 1280. The summed E-state index contributed by atoms with van der Waals surface area (Å²) in [6.45, 7) is 1.61. The summed E-state index contributed by atoms with van der Waals surface area (Å²) in [4.78, 5) is 12.5. The van der Waals surface area contributed by atoms with Crippen molar-refractivity contribution >= 4 is 27.8 Å². The standard InChI is InChI=1S/C24H22F3N3O4S/c1-2-34-21-11-13-22(14-12-21)35(32,33)30(20-9-4-3-5-10-20)17-23(31)29-28-16-18-7-6-8-19(15-18)24(25,26)27/h3-16H,2,17H2,1H3,(H,29,31). The van der Waals surface area contributed by atoms with Crippen molar-refractivity contribution in [2.75, 3.05) is 17.5 Å². The van der Waals surface area contributed by atoms with Gasteiger partial charge < -0.3 is 4.74 Å². The van der Waals surface area contributed by atoms with E-state index in [2.05, 4.69) is 10.5 Å². The zero-order valence-corrected chi connectivity index (χ0v) is 19.4. The topological polar surface area (TPSA) is 88.1 Å². The molecule has 3 aromatic carbocycles. The molecule has 3 rings (SSSR count). The van der Waals surface area contributed by atoms with Crippen LogP contribution in [0.5, 0.6) is 5.75 Å². The molecular formula is C24H22F3N3O4S. The highest BCUT2D eigenvalue weighted by molar-refractivity contribution is 7.92. The van der Waals surface area contributed by atoms with E-state index >= 15 is 0 Å². The number of anilines is 1. The SMILES string of the molecule is CCOc1ccc(S(=O)(=O)N(CC(=O)NN=Cc2cccc(C(F)(F)F)c2)c2ccccc2)cc1. The molecule has 35 heavy (non-hydrogen) atoms. The minimum absolute atomic E-state index is 0.0509. The molecule has 7 nitrogen and oxygen atoms in total. The van der Waals surface area contributed by atoms with Gasteiger partial charge in [-0.2, -0.15) is 18.3 Å². The van der Waals surface area contributed by atoms with Crippen molar-refractivity contribution < 1.29 is 31.1 Å². The summed E-state index contributed by atoms with van der Waals surface area (Å²) >= 11 is 0. The van der Waals surface area contributed by atoms with E-state index in [0.29, 0.717) is 12.4 Å². The van der Waals surface area contributed by atoms with Crippen LogP contribution >= 0.6 is 0 Å². The first-order valence-corrected chi connectivity index (χ1v) is 11.8. The minimum atomic E-state index is -4.52. The van der Waals surface area contributed by atoms with Gasteiger partial charge in [0.25, 0.3) is 15.9 Å². The molecule has 3 aromatic rings. The van der Waals surface area contributed by atoms with Gasteiger partial charge in [-0.05, 0) is 61.0 Å². The van der Waals surface area contributed by atoms with Crippen molar-refractivity contribution in [3.8, 4) is 5.75 Å². The highest BCUT2D eigenvalue weighted by Crippen LogP contribution is 2.29. The average Bonchev–Trinajstić information content (AvgIpc) is 2.83. The zero-order chi connectivity index (χ0) is 25.5. The van der Waals surface area contributed by atoms with Crippen molar-refractivity contribution in [2.45, 2.75) is 18.0 Å². The highest BCUT2D eigenvalue weighted by atomic mass is 32.2. The van der Waals surface area contributed by atoms with Crippen molar-refractivity contribution in [3.05, 3.63) is 90.0 Å². The Morgan fingerprint density at radius 1 is 1.03 bits per heavy atom. The maximum atomic E-state index is 13.3. The number of carbonyl (C=O) groups is 1. The number of halogens is 3. The van der Waals surface area contributed by atoms with Crippen molar-refractivity contribution in [1.82, 2.24) is 5.43 Å². The number of hydrogen-bond acceptors (Lipinski definition) is 5. The molecule has 1 N–H and O–H groups in total. The molecule has 184 valence electrons. The molecule has 0 atom stereocenters. The molecule has 0 aliphatic carbocycles. The number of amides is 1. The number of alkyl halides is 3. The van der Waals surface area contributed by atoms with Gasteiger partial charge >= 0.3 is 6.18 Å². The third-order valence-corrected chi connectivity index (χ3v) is 6.46. The maximum absolute atomic E-state index is 13.3. The maximum Gasteiger partial charge on any atom is 0.416 e. The Balaban J connectivity index is 1.79. The summed E-state index contributed by atoms with van der Waals surface area (Å²) in [5, 5.41) is 3.67. The molecule has 0 bridgehead atoms. The molecule has 0 aliphatic heterocycles. The van der Waals surface area contributed by atoms with Gasteiger partial charge in [-0.1, -0.05) is 30.3 Å². The number of rotatable bonds is 9. The molecule has 0 radical (unpaired) electrons. The molecule has 0 heterocycles. The van der Waals surface area contributed by atoms with Crippen LogP contribution in [-0.2, 0) is 21.0 Å². The second-order valence-electron chi connectivity index (χ2n) is 7.17. The normalized spacial score (nSPS) is 11.9. The van der Waals surface area contributed by atoms with Crippen LogP contribution in [0.2, 0.25) is 0 Å². The summed E-state index contributed by atoms with van der Waals surface area (Å²) in [7, 11) is -4.14. The van der Waals surface area contributed by atoms with Gasteiger partial charge in [0.1, 0.15) is 12.3 Å². The van der Waals surface area contributed by atoms with Crippen LogP contribution in [0.15, 0.2) is 88.9 Å². The number of ether oxygens (including phenoxy) is 1. The molecule has 0 unspecified atom stereocenters. The largest absolute Gasteiger partial charge is 0.494 e. The number of para-hydroxylation sites is 1. The Morgan fingerprint density at radius 2 is 1.71 bits per heavy atom. The fourth-order valence-electron chi connectivity index (χ4n) is 3.05. The van der Waals surface area contributed by atoms with Crippen LogP contribution in [0.1, 0.15) is 18.1 Å². The smallest absolute Gasteiger partial charge is 0.416 e. The number of carbonyl (C=O) groups excluding carboxylic acids is 1. The van der Waals surface area contributed by atoms with Crippen LogP contribution < -0.4 is 14.5 Å². The zero-order valence-electron chi connectivity index (χ0n) is 18.6. The van der Waals surface area contributed by atoms with E-state index < -0.39 is 34.2 Å². The quantitative estimate of drug-likeness (QED) is 0.344. The number of nitrogens with one attached hydrogen (secondary N) is 1. The highest BCUT2D eigenvalue weighted by Gasteiger charge is 2.30. The second-order valence-corrected chi connectivity index (χ2v) is 9.03. The summed E-state index contributed by atoms with van der Waals surface area (Å²) in [5.41, 5.74) is 1.67. The molecule has 11 heteroatoms. The Kier molecular flexibility index (Phi) is 8.13. The van der Waals surface area contributed by atoms with E-state index in [4.69, 9.17) is 4.74 Å². The third kappa shape index (κ3) is 6.82. The van der Waals surface area contributed by atoms with Crippen LogP contribution in [0.4, 0.5) is 18.9 Å². The minimum Gasteiger partial charge on any atom is -0.494 e. The number of nitrogens with zero attached hydrogens (tertiary/aromatic N) is 2. The lowest BCUT2D eigenvalue weighted by molar-refractivity contribution is -0.137. The van der Waals surface area contributed by atoms with Crippen LogP contribution in [0.25, 0.3) is 0 Å². The first-order valence-electron chi connectivity index (χ1n) is 10.4. The molecule has 0 aromatic heterocycles. The lowest BCUT2D eigenvalue weighted by Gasteiger charge is -2.23. The van der Waals surface area contributed by atoms with E-state index in [1.807, 2.05) is 0 Å². The molecule has 1 amide bonds. The molecular weight excluding hydrogens is 483 g/mol. The number of sulfonamides is 1. The predicted molar refractivity (Wildman–Crippen MR) is 126 cm³/mol. The Labute approximate surface area is 200 Å². The van der Waals surface area contributed by atoms with Gasteiger partial charge in [-0.3, -0.25) is 9.10 Å². The van der Waals surface area contributed by atoms with Crippen molar-refractivity contribution in [2.24, 2.45) is 5.10 Å². The summed E-state index contributed by atoms with van der Waals surface area (Å²) in [6, 6.07) is 18.2. The molecule has 0 saturated carbocycles. The average molecular weight is 506 g/mol. The number of hydrogen-bond donors (Lipinski definition) is 1. The van der Waals surface area contributed by atoms with Crippen molar-refractivity contribution in [3.63, 3.8) is 0 Å². The first kappa shape index (κ1) is 25.8. The summed E-state index contributed by atoms with van der Waals surface area (Å²) in [6.07, 6.45) is -3.47. The fraction of sp³-hybridized carbons (Fsp3) is 0.167. The van der Waals surface area contributed by atoms with Gasteiger partial charge in [0.15, 0.2) is 0 Å². The number of benzene rings is 3. The monoisotopic (exact) mass is 505 g/mol. The second kappa shape index (κ2) is 11.0. The van der Waals surface area contributed by atoms with Gasteiger partial charge in [0, 0.05) is 0 Å². The Hall–Kier alpha value is -3.86. The lowest BCUT2D eigenvalue weighted by Crippen LogP contribution is -2.39. The van der Waals surface area contributed by atoms with Crippen molar-refractivity contribution in [1.29, 1.82) is 0 Å². The molecule has 0 fully saturated rings. The van der Waals surface area contributed by atoms with E-state index in [-0.39, 0.29) is 16.1 Å². The van der Waals surface area contributed by atoms with Gasteiger partial charge in [0.05, 0.1) is 29.0 Å². The van der Waals surface area contributed by atoms with Crippen LogP contribution in [0, 0.1) is 0 Å². The van der Waals surface area contributed by atoms with E-state index in [1.165, 1.54) is 48.5 Å². The first-order chi connectivity index (χ1) is 16.6.